The first-order chi connectivity index (χ1) is 19.7. The second-order valence-corrected chi connectivity index (χ2v) is 9.89. The number of phenolic OH excluding ortho intramolecular Hbond substituents is 1. The first-order valence-electron chi connectivity index (χ1n) is 13.0. The van der Waals surface area contributed by atoms with E-state index < -0.39 is 0 Å². The van der Waals surface area contributed by atoms with Gasteiger partial charge < -0.3 is 14.6 Å². The average molecular weight is 523 g/mol. The van der Waals surface area contributed by atoms with Crippen LogP contribution >= 0.6 is 0 Å². The monoisotopic (exact) mass is 522 g/mol. The zero-order valence-corrected chi connectivity index (χ0v) is 21.4. The number of nitrogens with zero attached hydrogens (tertiary/aromatic N) is 4. The van der Waals surface area contributed by atoms with Gasteiger partial charge in [0.25, 0.3) is 0 Å². The summed E-state index contributed by atoms with van der Waals surface area (Å²) in [7, 11) is 1.66. The molecule has 0 bridgehead atoms. The van der Waals surface area contributed by atoms with Gasteiger partial charge in [-0.1, -0.05) is 66.7 Å². The van der Waals surface area contributed by atoms with Crippen LogP contribution in [0.1, 0.15) is 22.6 Å². The van der Waals surface area contributed by atoms with Crippen molar-refractivity contribution >= 4 is 27.2 Å². The first kappa shape index (κ1) is 22.5. The molecular formula is C33H22N4O3. The molecule has 1 atom stereocenters. The Bertz CT molecular complexity index is 2100. The Kier molecular flexibility index (Phi) is 4.81. The van der Waals surface area contributed by atoms with E-state index in [1.807, 2.05) is 60.7 Å². The number of ether oxygens (including phenoxy) is 2. The summed E-state index contributed by atoms with van der Waals surface area (Å²) in [4.78, 5) is 9.64. The Morgan fingerprint density at radius 2 is 1.57 bits per heavy atom. The van der Waals surface area contributed by atoms with Crippen LogP contribution in [0.25, 0.3) is 38.6 Å². The summed E-state index contributed by atoms with van der Waals surface area (Å²) < 4.78 is 13.5. The summed E-state index contributed by atoms with van der Waals surface area (Å²) in [5.74, 6) is 2.33. The summed E-state index contributed by atoms with van der Waals surface area (Å²) in [6.07, 6.45) is 1.61. The van der Waals surface area contributed by atoms with Gasteiger partial charge in [0.1, 0.15) is 23.6 Å². The van der Waals surface area contributed by atoms with Gasteiger partial charge in [0.05, 0.1) is 18.2 Å². The lowest BCUT2D eigenvalue weighted by molar-refractivity contribution is 0.414. The van der Waals surface area contributed by atoms with Crippen LogP contribution in [0.3, 0.4) is 0 Å². The summed E-state index contributed by atoms with van der Waals surface area (Å²) in [5.41, 5.74) is 4.09. The summed E-state index contributed by atoms with van der Waals surface area (Å²) in [5, 5.41) is 19.8. The molecule has 7 aromatic rings. The molecule has 7 nitrogen and oxygen atoms in total. The molecule has 1 aliphatic rings. The minimum Gasteiger partial charge on any atom is -0.507 e. The van der Waals surface area contributed by atoms with Crippen LogP contribution in [0.5, 0.6) is 23.1 Å². The lowest BCUT2D eigenvalue weighted by Crippen LogP contribution is -2.15. The number of benzene rings is 5. The van der Waals surface area contributed by atoms with E-state index in [4.69, 9.17) is 19.6 Å². The number of aromatic nitrogens is 4. The molecule has 1 N–H and O–H groups in total. The second-order valence-electron chi connectivity index (χ2n) is 9.89. The molecule has 5 aromatic carbocycles. The largest absolute Gasteiger partial charge is 0.507 e. The molecule has 3 heterocycles. The Hall–Kier alpha value is -5.43. The van der Waals surface area contributed by atoms with Gasteiger partial charge in [0.15, 0.2) is 11.5 Å². The quantitative estimate of drug-likeness (QED) is 0.267. The van der Waals surface area contributed by atoms with Gasteiger partial charge in [0, 0.05) is 11.5 Å². The average Bonchev–Trinajstić information content (AvgIpc) is 3.44. The van der Waals surface area contributed by atoms with Crippen molar-refractivity contribution in [3.8, 4) is 34.5 Å². The lowest BCUT2D eigenvalue weighted by Gasteiger charge is -2.29. The van der Waals surface area contributed by atoms with Crippen molar-refractivity contribution in [2.45, 2.75) is 5.92 Å². The van der Waals surface area contributed by atoms with Crippen molar-refractivity contribution in [1.82, 2.24) is 19.6 Å². The first-order valence-corrected chi connectivity index (χ1v) is 13.0. The molecule has 0 unspecified atom stereocenters. The van der Waals surface area contributed by atoms with Crippen LogP contribution < -0.4 is 9.47 Å². The predicted octanol–water partition coefficient (Wildman–Crippen LogP) is 7.10. The maximum absolute atomic E-state index is 10.9. The molecule has 7 heteroatoms. The van der Waals surface area contributed by atoms with E-state index in [1.165, 1.54) is 0 Å². The molecule has 0 saturated carbocycles. The van der Waals surface area contributed by atoms with Gasteiger partial charge in [-0.3, -0.25) is 0 Å². The number of fused-ring (bicyclic) bond motifs is 7. The molecule has 0 spiro atoms. The van der Waals surface area contributed by atoms with Crippen molar-refractivity contribution < 1.29 is 14.6 Å². The smallest absolute Gasteiger partial charge is 0.228 e. The zero-order valence-electron chi connectivity index (χ0n) is 21.4. The van der Waals surface area contributed by atoms with Crippen molar-refractivity contribution in [2.24, 2.45) is 0 Å². The topological polar surface area (TPSA) is 81.8 Å². The third-order valence-electron chi connectivity index (χ3n) is 7.66. The van der Waals surface area contributed by atoms with E-state index in [2.05, 4.69) is 35.3 Å². The standard InChI is InChI=1S/C33H22N4O3/c1-39-23-13-10-20(11-14-23)28-29-24-9-5-4-6-19(24)12-15-27(29)40-33-30(28)32-35-31(36-37(32)18-34-33)25-16-21-7-2-3-8-22(21)17-26(25)38/h2-18,28,38H,1H3/t28-/m1/s1. The molecule has 0 amide bonds. The van der Waals surface area contributed by atoms with E-state index in [0.717, 1.165) is 49.7 Å². The summed E-state index contributed by atoms with van der Waals surface area (Å²) in [6, 6.07) is 32.0. The van der Waals surface area contributed by atoms with Gasteiger partial charge >= 0.3 is 0 Å². The molecule has 1 aliphatic heterocycles. The van der Waals surface area contributed by atoms with Crippen LogP contribution in [-0.2, 0) is 0 Å². The predicted molar refractivity (Wildman–Crippen MR) is 153 cm³/mol. The Labute approximate surface area is 228 Å². The van der Waals surface area contributed by atoms with Gasteiger partial charge in [0.2, 0.25) is 5.88 Å². The maximum Gasteiger partial charge on any atom is 0.228 e. The molecular weight excluding hydrogens is 500 g/mol. The minimum atomic E-state index is -0.228. The number of hydrogen-bond acceptors (Lipinski definition) is 6. The molecule has 40 heavy (non-hydrogen) atoms. The highest BCUT2D eigenvalue weighted by molar-refractivity contribution is 5.92. The third kappa shape index (κ3) is 3.34. The molecule has 192 valence electrons. The second kappa shape index (κ2) is 8.54. The van der Waals surface area contributed by atoms with Crippen molar-refractivity contribution in [1.29, 1.82) is 0 Å². The van der Waals surface area contributed by atoms with E-state index in [9.17, 15) is 5.11 Å². The summed E-state index contributed by atoms with van der Waals surface area (Å²) in [6.45, 7) is 0. The van der Waals surface area contributed by atoms with Crippen LogP contribution in [0.2, 0.25) is 0 Å². The highest BCUT2D eigenvalue weighted by Gasteiger charge is 2.35. The van der Waals surface area contributed by atoms with E-state index in [-0.39, 0.29) is 11.7 Å². The Balaban J connectivity index is 1.40. The molecule has 0 radical (unpaired) electrons. The van der Waals surface area contributed by atoms with E-state index in [1.54, 1.807) is 24.0 Å². The number of hydrogen-bond donors (Lipinski definition) is 1. The zero-order chi connectivity index (χ0) is 26.8. The maximum atomic E-state index is 10.9. The number of methoxy groups -OCH3 is 1. The molecule has 8 rings (SSSR count). The molecule has 0 saturated heterocycles. The highest BCUT2D eigenvalue weighted by atomic mass is 16.5. The van der Waals surface area contributed by atoms with Crippen LogP contribution in [0.15, 0.2) is 103 Å². The van der Waals surface area contributed by atoms with Crippen LogP contribution in [0, 0.1) is 0 Å². The molecule has 0 aliphatic carbocycles. The normalized spacial score (nSPS) is 14.2. The van der Waals surface area contributed by atoms with E-state index >= 15 is 0 Å². The highest BCUT2D eigenvalue weighted by Crippen LogP contribution is 2.50. The number of rotatable bonds is 3. The van der Waals surface area contributed by atoms with Gasteiger partial charge in [-0.2, -0.15) is 0 Å². The fraction of sp³-hybridized carbons (Fsp3) is 0.0606. The Morgan fingerprint density at radius 1 is 0.825 bits per heavy atom. The van der Waals surface area contributed by atoms with Gasteiger partial charge in [-0.05, 0) is 57.4 Å². The fourth-order valence-electron chi connectivity index (χ4n) is 5.76. The van der Waals surface area contributed by atoms with Crippen LogP contribution in [0.4, 0.5) is 0 Å². The van der Waals surface area contributed by atoms with Crippen molar-refractivity contribution in [3.63, 3.8) is 0 Å². The number of aromatic hydroxyl groups is 1. The lowest BCUT2D eigenvalue weighted by atomic mass is 9.81. The van der Waals surface area contributed by atoms with Gasteiger partial charge in [-0.25, -0.2) is 14.5 Å². The van der Waals surface area contributed by atoms with Crippen molar-refractivity contribution in [3.05, 3.63) is 120 Å². The van der Waals surface area contributed by atoms with E-state index in [0.29, 0.717) is 22.9 Å². The van der Waals surface area contributed by atoms with Gasteiger partial charge in [-0.15, -0.1) is 5.10 Å². The fourth-order valence-corrected chi connectivity index (χ4v) is 5.76. The SMILES string of the molecule is COc1ccc([C@@H]2c3c(ccc4ccccc34)Oc3ncn4nc(-c5cc6ccccc6cc5O)nc4c32)cc1. The summed E-state index contributed by atoms with van der Waals surface area (Å²) >= 11 is 0. The molecule has 0 fully saturated rings. The van der Waals surface area contributed by atoms with Crippen LogP contribution in [-0.4, -0.2) is 31.8 Å². The third-order valence-corrected chi connectivity index (χ3v) is 7.66. The van der Waals surface area contributed by atoms with Crippen molar-refractivity contribution in [2.75, 3.05) is 7.11 Å². The minimum absolute atomic E-state index is 0.121. The number of phenols is 1. The molecule has 2 aromatic heterocycles. The Morgan fingerprint density at radius 3 is 2.38 bits per heavy atom.